The van der Waals surface area contributed by atoms with Crippen LogP contribution in [0.25, 0.3) is 5.69 Å². The molecule has 0 saturated carbocycles. The lowest BCUT2D eigenvalue weighted by molar-refractivity contribution is 0.0792. The summed E-state index contributed by atoms with van der Waals surface area (Å²) >= 11 is 0. The normalized spacial score (nSPS) is 13.5. The van der Waals surface area contributed by atoms with Gasteiger partial charge in [0.1, 0.15) is 0 Å². The van der Waals surface area contributed by atoms with Gasteiger partial charge in [0.15, 0.2) is 0 Å². The van der Waals surface area contributed by atoms with Gasteiger partial charge < -0.3 is 15.2 Å². The predicted molar refractivity (Wildman–Crippen MR) is 111 cm³/mol. The van der Waals surface area contributed by atoms with Crippen LogP contribution in [0.2, 0.25) is 0 Å². The number of anilines is 1. The van der Waals surface area contributed by atoms with E-state index >= 15 is 0 Å². The van der Waals surface area contributed by atoms with Crippen molar-refractivity contribution in [2.45, 2.75) is 19.8 Å². The SMILES string of the molecule is Cc1c[nH]c(=O)n1-c1ccc(C(=O)Nc2ccc(C(=O)N3CCCC3)cc2)cc1. The second kappa shape index (κ2) is 7.79. The molecular formula is C22H22N4O3. The molecule has 1 aliphatic rings. The number of nitrogens with one attached hydrogen (secondary N) is 2. The van der Waals surface area contributed by atoms with Gasteiger partial charge in [-0.2, -0.15) is 0 Å². The molecule has 4 rings (SSSR count). The first-order chi connectivity index (χ1) is 14.0. The van der Waals surface area contributed by atoms with Crippen molar-refractivity contribution in [3.8, 4) is 5.69 Å². The third-order valence-electron chi connectivity index (χ3n) is 5.13. The van der Waals surface area contributed by atoms with E-state index in [1.807, 2.05) is 11.8 Å². The Morgan fingerprint density at radius 2 is 1.55 bits per heavy atom. The predicted octanol–water partition coefficient (Wildman–Crippen LogP) is 2.96. The number of imidazole rings is 1. The van der Waals surface area contributed by atoms with Crippen molar-refractivity contribution in [3.63, 3.8) is 0 Å². The molecule has 0 bridgehead atoms. The number of rotatable bonds is 4. The second-order valence-corrected chi connectivity index (χ2v) is 7.15. The van der Waals surface area contributed by atoms with Gasteiger partial charge in [-0.1, -0.05) is 0 Å². The highest BCUT2D eigenvalue weighted by atomic mass is 16.2. The molecule has 29 heavy (non-hydrogen) atoms. The van der Waals surface area contributed by atoms with Crippen molar-refractivity contribution < 1.29 is 9.59 Å². The molecule has 0 radical (unpaired) electrons. The van der Waals surface area contributed by atoms with Gasteiger partial charge in [0.05, 0.1) is 5.69 Å². The highest BCUT2D eigenvalue weighted by Gasteiger charge is 2.19. The number of hydrogen-bond acceptors (Lipinski definition) is 3. The number of aryl methyl sites for hydroxylation is 1. The summed E-state index contributed by atoms with van der Waals surface area (Å²) in [6.07, 6.45) is 3.75. The molecule has 0 spiro atoms. The topological polar surface area (TPSA) is 87.2 Å². The molecule has 1 aromatic heterocycles. The van der Waals surface area contributed by atoms with E-state index in [0.29, 0.717) is 22.5 Å². The van der Waals surface area contributed by atoms with Gasteiger partial charge in [-0.15, -0.1) is 0 Å². The second-order valence-electron chi connectivity index (χ2n) is 7.15. The first-order valence-corrected chi connectivity index (χ1v) is 9.61. The van der Waals surface area contributed by atoms with Gasteiger partial charge in [0.2, 0.25) is 0 Å². The summed E-state index contributed by atoms with van der Waals surface area (Å²) in [5.74, 6) is -0.223. The molecule has 0 atom stereocenters. The number of amides is 2. The maximum absolute atomic E-state index is 12.5. The Bertz CT molecular complexity index is 1090. The van der Waals surface area contributed by atoms with E-state index in [1.54, 1.807) is 54.7 Å². The molecule has 2 heterocycles. The number of aromatic amines is 1. The number of benzene rings is 2. The lowest BCUT2D eigenvalue weighted by Gasteiger charge is -2.15. The number of carbonyl (C=O) groups is 2. The molecule has 0 aliphatic carbocycles. The minimum Gasteiger partial charge on any atom is -0.339 e. The largest absolute Gasteiger partial charge is 0.339 e. The Labute approximate surface area is 168 Å². The number of nitrogens with zero attached hydrogens (tertiary/aromatic N) is 2. The van der Waals surface area contributed by atoms with E-state index < -0.39 is 0 Å². The van der Waals surface area contributed by atoms with Gasteiger partial charge in [-0.25, -0.2) is 4.79 Å². The minimum atomic E-state index is -0.256. The fraction of sp³-hybridized carbons (Fsp3) is 0.227. The molecule has 2 N–H and O–H groups in total. The molecule has 1 saturated heterocycles. The van der Waals surface area contributed by atoms with Gasteiger partial charge in [0.25, 0.3) is 11.8 Å². The van der Waals surface area contributed by atoms with E-state index in [0.717, 1.165) is 31.6 Å². The molecule has 1 fully saturated rings. The number of H-pyrrole nitrogens is 1. The molecule has 148 valence electrons. The van der Waals surface area contributed by atoms with E-state index in [2.05, 4.69) is 10.3 Å². The third kappa shape index (κ3) is 3.85. The highest BCUT2D eigenvalue weighted by Crippen LogP contribution is 2.17. The van der Waals surface area contributed by atoms with Gasteiger partial charge in [-0.3, -0.25) is 14.2 Å². The number of likely N-dealkylation sites (tertiary alicyclic amines) is 1. The van der Waals surface area contributed by atoms with Crippen LogP contribution >= 0.6 is 0 Å². The van der Waals surface area contributed by atoms with Crippen molar-refractivity contribution in [1.82, 2.24) is 14.5 Å². The van der Waals surface area contributed by atoms with Crippen LogP contribution < -0.4 is 11.0 Å². The highest BCUT2D eigenvalue weighted by molar-refractivity contribution is 6.04. The van der Waals surface area contributed by atoms with Crippen molar-refractivity contribution in [1.29, 1.82) is 0 Å². The van der Waals surface area contributed by atoms with Gasteiger partial charge in [0, 0.05) is 41.8 Å². The average molecular weight is 390 g/mol. The van der Waals surface area contributed by atoms with Crippen molar-refractivity contribution in [2.24, 2.45) is 0 Å². The molecule has 7 nitrogen and oxygen atoms in total. The molecule has 0 unspecified atom stereocenters. The molecule has 2 amide bonds. The van der Waals surface area contributed by atoms with E-state index in [1.165, 1.54) is 4.57 Å². The summed E-state index contributed by atoms with van der Waals surface area (Å²) in [6.45, 7) is 3.44. The quantitative estimate of drug-likeness (QED) is 0.718. The molecule has 7 heteroatoms. The summed E-state index contributed by atoms with van der Waals surface area (Å²) in [5, 5.41) is 2.83. The number of aromatic nitrogens is 2. The molecule has 2 aromatic carbocycles. The summed E-state index contributed by atoms with van der Waals surface area (Å²) in [4.78, 5) is 41.3. The van der Waals surface area contributed by atoms with Crippen LogP contribution in [-0.2, 0) is 0 Å². The first kappa shape index (κ1) is 18.7. The fourth-order valence-corrected chi connectivity index (χ4v) is 3.54. The maximum atomic E-state index is 12.5. The van der Waals surface area contributed by atoms with E-state index in [4.69, 9.17) is 0 Å². The average Bonchev–Trinajstić information content (AvgIpc) is 3.38. The van der Waals surface area contributed by atoms with Crippen LogP contribution in [0.4, 0.5) is 5.69 Å². The summed E-state index contributed by atoms with van der Waals surface area (Å²) in [6, 6.07) is 13.8. The zero-order chi connectivity index (χ0) is 20.4. The molecular weight excluding hydrogens is 368 g/mol. The lowest BCUT2D eigenvalue weighted by Crippen LogP contribution is -2.27. The van der Waals surface area contributed by atoms with Crippen LogP contribution in [0.1, 0.15) is 39.3 Å². The van der Waals surface area contributed by atoms with Crippen LogP contribution in [0.3, 0.4) is 0 Å². The Balaban J connectivity index is 1.44. The third-order valence-corrected chi connectivity index (χ3v) is 5.13. The molecule has 3 aromatic rings. The standard InChI is InChI=1S/C22H22N4O3/c1-15-14-23-22(29)26(15)19-10-6-16(7-11-19)20(27)24-18-8-4-17(5-9-18)21(28)25-12-2-3-13-25/h4-11,14H,2-3,12-13H2,1H3,(H,23,29)(H,24,27). The summed E-state index contributed by atoms with van der Waals surface area (Å²) in [5.41, 5.74) is 2.98. The zero-order valence-corrected chi connectivity index (χ0v) is 16.1. The number of hydrogen-bond donors (Lipinski definition) is 2. The Morgan fingerprint density at radius 1 is 0.931 bits per heavy atom. The van der Waals surface area contributed by atoms with Crippen LogP contribution in [0, 0.1) is 6.92 Å². The zero-order valence-electron chi connectivity index (χ0n) is 16.1. The summed E-state index contributed by atoms with van der Waals surface area (Å²) < 4.78 is 1.54. The Hall–Kier alpha value is -3.61. The lowest BCUT2D eigenvalue weighted by atomic mass is 10.1. The van der Waals surface area contributed by atoms with Crippen LogP contribution in [0.5, 0.6) is 0 Å². The smallest absolute Gasteiger partial charge is 0.330 e. The summed E-state index contributed by atoms with van der Waals surface area (Å²) in [7, 11) is 0. The van der Waals surface area contributed by atoms with E-state index in [9.17, 15) is 14.4 Å². The van der Waals surface area contributed by atoms with Crippen LogP contribution in [0.15, 0.2) is 59.5 Å². The van der Waals surface area contributed by atoms with Crippen molar-refractivity contribution in [2.75, 3.05) is 18.4 Å². The minimum absolute atomic E-state index is 0.0336. The Kier molecular flexibility index (Phi) is 5.03. The Morgan fingerprint density at radius 3 is 2.14 bits per heavy atom. The first-order valence-electron chi connectivity index (χ1n) is 9.61. The fourth-order valence-electron chi connectivity index (χ4n) is 3.54. The van der Waals surface area contributed by atoms with Crippen LogP contribution in [-0.4, -0.2) is 39.4 Å². The van der Waals surface area contributed by atoms with Crippen molar-refractivity contribution >= 4 is 17.5 Å². The van der Waals surface area contributed by atoms with Gasteiger partial charge in [-0.05, 0) is 68.3 Å². The monoisotopic (exact) mass is 390 g/mol. The van der Waals surface area contributed by atoms with Crippen molar-refractivity contribution in [3.05, 3.63) is 82.0 Å². The maximum Gasteiger partial charge on any atom is 0.330 e. The number of carbonyl (C=O) groups excluding carboxylic acids is 2. The van der Waals surface area contributed by atoms with Gasteiger partial charge >= 0.3 is 5.69 Å². The van der Waals surface area contributed by atoms with E-state index in [-0.39, 0.29) is 17.5 Å². The molecule has 1 aliphatic heterocycles.